The molecule has 0 aliphatic carbocycles. The number of fused-ring (bicyclic) bond motifs is 3. The fourth-order valence-corrected chi connectivity index (χ4v) is 7.31. The van der Waals surface area contributed by atoms with Crippen LogP contribution in [0.2, 0.25) is 0 Å². The van der Waals surface area contributed by atoms with Crippen molar-refractivity contribution < 1.29 is 9.53 Å². The van der Waals surface area contributed by atoms with Gasteiger partial charge in [0.15, 0.2) is 0 Å². The van der Waals surface area contributed by atoms with Crippen molar-refractivity contribution in [3.05, 3.63) is 107 Å². The highest BCUT2D eigenvalue weighted by atomic mass is 32.2. The van der Waals surface area contributed by atoms with Crippen LogP contribution in [0.5, 0.6) is 5.75 Å². The molecule has 0 saturated carbocycles. The molecule has 0 spiro atoms. The van der Waals surface area contributed by atoms with Gasteiger partial charge in [0.05, 0.1) is 39.5 Å². The molecular weight excluding hydrogens is 557 g/mol. The average molecular weight is 579 g/mol. The van der Waals surface area contributed by atoms with Crippen LogP contribution in [0.15, 0.2) is 112 Å². The number of nitrogens with zero attached hydrogens (tertiary/aromatic N) is 3. The maximum absolute atomic E-state index is 13.9. The molecule has 0 atom stereocenters. The quantitative estimate of drug-likeness (QED) is 0.195. The lowest BCUT2D eigenvalue weighted by molar-refractivity contribution is -0.115. The molecular formula is C31H22N4O2S3. The molecule has 0 radical (unpaired) electrons. The van der Waals surface area contributed by atoms with Gasteiger partial charge in [-0.3, -0.25) is 9.69 Å². The molecule has 2 heterocycles. The van der Waals surface area contributed by atoms with E-state index in [1.807, 2.05) is 97.1 Å². The first-order valence-corrected chi connectivity index (χ1v) is 15.0. The molecule has 6 rings (SSSR count). The molecule has 9 heteroatoms. The van der Waals surface area contributed by atoms with E-state index in [2.05, 4.69) is 11.4 Å². The third-order valence-corrected chi connectivity index (χ3v) is 9.37. The Kier molecular flexibility index (Phi) is 7.47. The fourth-order valence-electron chi connectivity index (χ4n) is 4.35. The van der Waals surface area contributed by atoms with Crippen molar-refractivity contribution in [2.45, 2.75) is 9.79 Å². The number of aromatic nitrogens is 1. The van der Waals surface area contributed by atoms with Crippen LogP contribution in [0, 0.1) is 11.3 Å². The van der Waals surface area contributed by atoms with Crippen molar-refractivity contribution in [1.29, 1.82) is 5.26 Å². The van der Waals surface area contributed by atoms with Crippen molar-refractivity contribution >= 4 is 73.6 Å². The van der Waals surface area contributed by atoms with Crippen LogP contribution in [-0.4, -0.2) is 23.8 Å². The Balaban J connectivity index is 1.37. The molecule has 40 heavy (non-hydrogen) atoms. The molecule has 196 valence electrons. The third-order valence-electron chi connectivity index (χ3n) is 6.20. The lowest BCUT2D eigenvalue weighted by atomic mass is 10.2. The maximum Gasteiger partial charge on any atom is 0.242 e. The summed E-state index contributed by atoms with van der Waals surface area (Å²) in [4.78, 5) is 22.4. The van der Waals surface area contributed by atoms with Gasteiger partial charge in [-0.15, -0.1) is 11.3 Å². The molecule has 1 N–H and O–H groups in total. The number of hydrogen-bond donors (Lipinski definition) is 1. The van der Waals surface area contributed by atoms with Crippen LogP contribution in [0.25, 0.3) is 15.8 Å². The molecule has 1 aromatic heterocycles. The lowest BCUT2D eigenvalue weighted by Crippen LogP contribution is -2.30. The molecule has 1 aliphatic heterocycles. The monoisotopic (exact) mass is 578 g/mol. The first-order valence-electron chi connectivity index (χ1n) is 12.4. The van der Waals surface area contributed by atoms with Gasteiger partial charge < -0.3 is 10.1 Å². The third kappa shape index (κ3) is 5.17. The number of thiazole rings is 1. The van der Waals surface area contributed by atoms with Gasteiger partial charge in [-0.25, -0.2) is 4.98 Å². The largest absolute Gasteiger partial charge is 0.497 e. The van der Waals surface area contributed by atoms with E-state index in [1.165, 1.54) is 23.1 Å². The van der Waals surface area contributed by atoms with Crippen molar-refractivity contribution in [2.75, 3.05) is 23.1 Å². The second-order valence-electron chi connectivity index (χ2n) is 8.71. The summed E-state index contributed by atoms with van der Waals surface area (Å²) in [5, 5.41) is 14.8. The molecule has 0 fully saturated rings. The van der Waals surface area contributed by atoms with E-state index >= 15 is 0 Å². The molecule has 6 nitrogen and oxygen atoms in total. The average Bonchev–Trinajstić information content (AvgIpc) is 3.42. The number of ether oxygens (including phenoxy) is 1. The molecule has 0 bridgehead atoms. The van der Waals surface area contributed by atoms with Gasteiger partial charge in [-0.05, 0) is 48.5 Å². The zero-order chi connectivity index (χ0) is 27.5. The number of nitrogens with one attached hydrogen (secondary N) is 1. The number of carbonyl (C=O) groups excluding carboxylic acids is 1. The minimum Gasteiger partial charge on any atom is -0.497 e. The summed E-state index contributed by atoms with van der Waals surface area (Å²) in [5.41, 5.74) is 3.67. The highest BCUT2D eigenvalue weighted by Gasteiger charge is 2.28. The molecule has 4 aromatic carbocycles. The second-order valence-corrected chi connectivity index (χ2v) is 11.8. The number of anilines is 3. The van der Waals surface area contributed by atoms with E-state index in [9.17, 15) is 10.1 Å². The molecule has 0 saturated heterocycles. The zero-order valence-corrected chi connectivity index (χ0v) is 23.8. The van der Waals surface area contributed by atoms with E-state index in [4.69, 9.17) is 9.72 Å². The van der Waals surface area contributed by atoms with Gasteiger partial charge in [0.2, 0.25) is 5.91 Å². The Morgan fingerprint density at radius 3 is 2.38 bits per heavy atom. The summed E-state index contributed by atoms with van der Waals surface area (Å²) in [6, 6.07) is 33.4. The summed E-state index contributed by atoms with van der Waals surface area (Å²) in [7, 11) is 1.61. The Bertz CT molecular complexity index is 1730. The summed E-state index contributed by atoms with van der Waals surface area (Å²) in [6.07, 6.45) is 0. The highest BCUT2D eigenvalue weighted by Crippen LogP contribution is 2.48. The van der Waals surface area contributed by atoms with Gasteiger partial charge in [-0.2, -0.15) is 5.26 Å². The van der Waals surface area contributed by atoms with E-state index in [1.54, 1.807) is 23.8 Å². The first kappa shape index (κ1) is 26.0. The summed E-state index contributed by atoms with van der Waals surface area (Å²) < 4.78 is 6.38. The number of rotatable bonds is 7. The van der Waals surface area contributed by atoms with Crippen LogP contribution in [-0.2, 0) is 4.79 Å². The number of para-hydroxylation sites is 3. The van der Waals surface area contributed by atoms with Crippen molar-refractivity contribution in [3.63, 3.8) is 0 Å². The SMILES string of the molecule is COc1cccc(N/C(SCC(=O)N2c3ccccc3Sc3ccccc32)=C(/C#N)c2nc3ccccc3s2)c1. The number of thioether (sulfide) groups is 1. The Hall–Kier alpha value is -4.23. The number of hydrogen-bond acceptors (Lipinski definition) is 8. The van der Waals surface area contributed by atoms with Crippen molar-refractivity contribution in [1.82, 2.24) is 4.98 Å². The minimum absolute atomic E-state index is 0.0864. The lowest BCUT2D eigenvalue weighted by Gasteiger charge is -2.31. The Morgan fingerprint density at radius 2 is 1.68 bits per heavy atom. The maximum atomic E-state index is 13.9. The van der Waals surface area contributed by atoms with Gasteiger partial charge in [0, 0.05) is 21.5 Å². The number of nitriles is 1. The molecule has 1 amide bonds. The van der Waals surface area contributed by atoms with E-state index < -0.39 is 0 Å². The normalized spacial score (nSPS) is 12.7. The predicted octanol–water partition coefficient (Wildman–Crippen LogP) is 8.17. The molecule has 1 aliphatic rings. The second kappa shape index (κ2) is 11.5. The zero-order valence-electron chi connectivity index (χ0n) is 21.3. The molecule has 5 aromatic rings. The Labute approximate surface area is 244 Å². The summed E-state index contributed by atoms with van der Waals surface area (Å²) in [5.74, 6) is 0.704. The number of carbonyl (C=O) groups is 1. The topological polar surface area (TPSA) is 78.2 Å². The van der Waals surface area contributed by atoms with Crippen molar-refractivity contribution in [3.8, 4) is 11.8 Å². The van der Waals surface area contributed by atoms with Crippen LogP contribution < -0.4 is 15.0 Å². The predicted molar refractivity (Wildman–Crippen MR) is 165 cm³/mol. The standard InChI is InChI=1S/C31H22N4O2S3/c1-37-21-10-8-9-20(17-21)33-30(22(18-32)31-34-23-11-2-5-14-26(23)40-31)38-19-29(36)35-24-12-3-6-15-27(24)39-28-16-7-4-13-25(28)35/h2-17,33H,19H2,1H3/b30-22+. The van der Waals surface area contributed by atoms with Gasteiger partial charge in [0.25, 0.3) is 0 Å². The first-order chi connectivity index (χ1) is 19.6. The van der Waals surface area contributed by atoms with Crippen LogP contribution >= 0.6 is 34.9 Å². The number of methoxy groups -OCH3 is 1. The molecule has 0 unspecified atom stereocenters. The summed E-state index contributed by atoms with van der Waals surface area (Å²) in [6.45, 7) is 0. The fraction of sp³-hybridized carbons (Fsp3) is 0.0645. The van der Waals surface area contributed by atoms with Crippen LogP contribution in [0.3, 0.4) is 0 Å². The summed E-state index contributed by atoms with van der Waals surface area (Å²) >= 11 is 4.40. The van der Waals surface area contributed by atoms with E-state index in [0.717, 1.165) is 37.1 Å². The smallest absolute Gasteiger partial charge is 0.242 e. The van der Waals surface area contributed by atoms with E-state index in [-0.39, 0.29) is 11.7 Å². The van der Waals surface area contributed by atoms with E-state index in [0.29, 0.717) is 21.4 Å². The minimum atomic E-state index is -0.0864. The van der Waals surface area contributed by atoms with Crippen molar-refractivity contribution in [2.24, 2.45) is 0 Å². The van der Waals surface area contributed by atoms with Gasteiger partial charge >= 0.3 is 0 Å². The number of benzene rings is 4. The number of allylic oxidation sites excluding steroid dienone is 1. The number of amides is 1. The van der Waals surface area contributed by atoms with Gasteiger partial charge in [0.1, 0.15) is 22.4 Å². The van der Waals surface area contributed by atoms with Gasteiger partial charge in [-0.1, -0.05) is 66.0 Å². The Morgan fingerprint density at radius 1 is 0.975 bits per heavy atom. The van der Waals surface area contributed by atoms with Crippen LogP contribution in [0.1, 0.15) is 5.01 Å². The highest BCUT2D eigenvalue weighted by molar-refractivity contribution is 8.04. The van der Waals surface area contributed by atoms with Crippen LogP contribution in [0.4, 0.5) is 17.1 Å².